The summed E-state index contributed by atoms with van der Waals surface area (Å²) < 4.78 is 13.2. The molecule has 0 saturated carbocycles. The van der Waals surface area contributed by atoms with Crippen LogP contribution in [0.2, 0.25) is 0 Å². The topological polar surface area (TPSA) is 46.1 Å². The first-order chi connectivity index (χ1) is 12.1. The highest BCUT2D eigenvalue weighted by atomic mass is 19.1. The standard InChI is InChI=1S/C20H18FN3O/c1-15(17-5-3-2-4-6-17)24(14-16-7-9-18(21)10-8-16)20(25)19-13-22-11-12-23-19/h2-13,15H,14H2,1H3/t15-/m1/s1. The summed E-state index contributed by atoms with van der Waals surface area (Å²) in [5, 5.41) is 0. The van der Waals surface area contributed by atoms with Crippen molar-refractivity contribution >= 4 is 5.91 Å². The molecule has 1 aromatic heterocycles. The molecule has 0 radical (unpaired) electrons. The maximum absolute atomic E-state index is 13.2. The molecule has 0 bridgehead atoms. The van der Waals surface area contributed by atoms with E-state index in [-0.39, 0.29) is 23.5 Å². The minimum atomic E-state index is -0.299. The van der Waals surface area contributed by atoms with Crippen molar-refractivity contribution in [1.29, 1.82) is 0 Å². The third-order valence-electron chi connectivity index (χ3n) is 4.06. The summed E-state index contributed by atoms with van der Waals surface area (Å²) in [5.41, 5.74) is 2.15. The zero-order chi connectivity index (χ0) is 17.6. The van der Waals surface area contributed by atoms with Gasteiger partial charge in [-0.05, 0) is 30.2 Å². The first kappa shape index (κ1) is 16.8. The number of nitrogens with zero attached hydrogens (tertiary/aromatic N) is 3. The monoisotopic (exact) mass is 335 g/mol. The molecule has 3 aromatic rings. The van der Waals surface area contributed by atoms with Crippen LogP contribution in [0.15, 0.2) is 73.2 Å². The Balaban J connectivity index is 1.93. The summed E-state index contributed by atoms with van der Waals surface area (Å²) in [6, 6.07) is 15.8. The van der Waals surface area contributed by atoms with Gasteiger partial charge in [0.25, 0.3) is 5.91 Å². The number of carbonyl (C=O) groups excluding carboxylic acids is 1. The summed E-state index contributed by atoms with van der Waals surface area (Å²) in [4.78, 5) is 22.8. The quantitative estimate of drug-likeness (QED) is 0.707. The molecule has 3 rings (SSSR count). The van der Waals surface area contributed by atoms with Gasteiger partial charge in [-0.15, -0.1) is 0 Å². The van der Waals surface area contributed by atoms with E-state index in [4.69, 9.17) is 0 Å². The molecule has 0 saturated heterocycles. The Hall–Kier alpha value is -3.08. The summed E-state index contributed by atoms with van der Waals surface area (Å²) in [5.74, 6) is -0.513. The van der Waals surface area contributed by atoms with Gasteiger partial charge in [0.05, 0.1) is 12.2 Å². The number of rotatable bonds is 5. The predicted molar refractivity (Wildman–Crippen MR) is 93.2 cm³/mol. The van der Waals surface area contributed by atoms with Crippen molar-refractivity contribution in [1.82, 2.24) is 14.9 Å². The van der Waals surface area contributed by atoms with E-state index in [0.29, 0.717) is 6.54 Å². The van der Waals surface area contributed by atoms with Gasteiger partial charge in [0.2, 0.25) is 0 Å². The minimum Gasteiger partial charge on any atom is -0.326 e. The Kier molecular flexibility index (Phi) is 5.14. The van der Waals surface area contributed by atoms with Crippen LogP contribution in [0.5, 0.6) is 0 Å². The lowest BCUT2D eigenvalue weighted by Gasteiger charge is -2.29. The van der Waals surface area contributed by atoms with Gasteiger partial charge in [0.1, 0.15) is 11.5 Å². The van der Waals surface area contributed by atoms with E-state index in [0.717, 1.165) is 11.1 Å². The molecule has 0 aliphatic carbocycles. The van der Waals surface area contributed by atoms with E-state index >= 15 is 0 Å². The molecule has 2 aromatic carbocycles. The maximum Gasteiger partial charge on any atom is 0.274 e. The molecule has 0 aliphatic heterocycles. The van der Waals surface area contributed by atoms with Crippen molar-refractivity contribution in [2.24, 2.45) is 0 Å². The summed E-state index contributed by atoms with van der Waals surface area (Å²) in [7, 11) is 0. The fourth-order valence-electron chi connectivity index (χ4n) is 2.64. The molecule has 1 atom stereocenters. The Morgan fingerprint density at radius 1 is 1.08 bits per heavy atom. The van der Waals surface area contributed by atoms with E-state index in [9.17, 15) is 9.18 Å². The number of aromatic nitrogens is 2. The highest BCUT2D eigenvalue weighted by molar-refractivity contribution is 5.92. The van der Waals surface area contributed by atoms with Crippen molar-refractivity contribution in [2.75, 3.05) is 0 Å². The number of carbonyl (C=O) groups is 1. The van der Waals surface area contributed by atoms with Crippen LogP contribution < -0.4 is 0 Å². The van der Waals surface area contributed by atoms with Gasteiger partial charge >= 0.3 is 0 Å². The summed E-state index contributed by atoms with van der Waals surface area (Å²) >= 11 is 0. The van der Waals surface area contributed by atoms with Crippen LogP contribution in [0.1, 0.15) is 34.6 Å². The van der Waals surface area contributed by atoms with Crippen LogP contribution in [-0.2, 0) is 6.54 Å². The Morgan fingerprint density at radius 2 is 1.80 bits per heavy atom. The molecule has 1 amide bonds. The molecule has 4 nitrogen and oxygen atoms in total. The number of amides is 1. The van der Waals surface area contributed by atoms with E-state index in [2.05, 4.69) is 9.97 Å². The molecular formula is C20H18FN3O. The molecule has 25 heavy (non-hydrogen) atoms. The van der Waals surface area contributed by atoms with Crippen LogP contribution in [-0.4, -0.2) is 20.8 Å². The number of benzene rings is 2. The zero-order valence-electron chi connectivity index (χ0n) is 13.8. The molecule has 0 N–H and O–H groups in total. The smallest absolute Gasteiger partial charge is 0.274 e. The number of hydrogen-bond donors (Lipinski definition) is 0. The lowest BCUT2D eigenvalue weighted by atomic mass is 10.1. The van der Waals surface area contributed by atoms with Crippen LogP contribution in [0, 0.1) is 5.82 Å². The Labute approximate surface area is 146 Å². The lowest BCUT2D eigenvalue weighted by molar-refractivity contribution is 0.0667. The second-order valence-electron chi connectivity index (χ2n) is 5.74. The highest BCUT2D eigenvalue weighted by Crippen LogP contribution is 2.24. The number of hydrogen-bond acceptors (Lipinski definition) is 3. The average Bonchev–Trinajstić information content (AvgIpc) is 2.68. The number of halogens is 1. The van der Waals surface area contributed by atoms with E-state index in [1.54, 1.807) is 17.0 Å². The van der Waals surface area contributed by atoms with Crippen LogP contribution >= 0.6 is 0 Å². The van der Waals surface area contributed by atoms with Gasteiger partial charge < -0.3 is 4.90 Å². The molecule has 126 valence electrons. The van der Waals surface area contributed by atoms with Crippen LogP contribution in [0.3, 0.4) is 0 Å². The second kappa shape index (κ2) is 7.66. The fourth-order valence-corrected chi connectivity index (χ4v) is 2.64. The van der Waals surface area contributed by atoms with Gasteiger partial charge in [0.15, 0.2) is 0 Å². The van der Waals surface area contributed by atoms with Crippen LogP contribution in [0.4, 0.5) is 4.39 Å². The van der Waals surface area contributed by atoms with E-state index in [1.807, 2.05) is 37.3 Å². The first-order valence-corrected chi connectivity index (χ1v) is 8.01. The van der Waals surface area contributed by atoms with Crippen LogP contribution in [0.25, 0.3) is 0 Å². The first-order valence-electron chi connectivity index (χ1n) is 8.01. The molecule has 5 heteroatoms. The minimum absolute atomic E-state index is 0.166. The fraction of sp³-hybridized carbons (Fsp3) is 0.150. The summed E-state index contributed by atoms with van der Waals surface area (Å²) in [6.45, 7) is 2.32. The predicted octanol–water partition coefficient (Wildman–Crippen LogP) is 4.02. The van der Waals surface area contributed by atoms with Crippen molar-refractivity contribution in [3.05, 3.63) is 95.8 Å². The van der Waals surface area contributed by atoms with Crippen molar-refractivity contribution in [3.63, 3.8) is 0 Å². The van der Waals surface area contributed by atoms with E-state index < -0.39 is 0 Å². The Morgan fingerprint density at radius 3 is 2.44 bits per heavy atom. The Bertz CT molecular complexity index is 823. The van der Waals surface area contributed by atoms with Gasteiger partial charge in [-0.25, -0.2) is 9.37 Å². The molecule has 0 fully saturated rings. The normalized spacial score (nSPS) is 11.8. The largest absolute Gasteiger partial charge is 0.326 e. The van der Waals surface area contributed by atoms with Gasteiger partial charge in [-0.2, -0.15) is 0 Å². The van der Waals surface area contributed by atoms with Gasteiger partial charge in [0, 0.05) is 18.9 Å². The van der Waals surface area contributed by atoms with E-state index in [1.165, 1.54) is 30.7 Å². The zero-order valence-corrected chi connectivity index (χ0v) is 13.8. The van der Waals surface area contributed by atoms with Crippen molar-refractivity contribution < 1.29 is 9.18 Å². The van der Waals surface area contributed by atoms with Gasteiger partial charge in [-0.3, -0.25) is 9.78 Å². The maximum atomic E-state index is 13.2. The van der Waals surface area contributed by atoms with Crippen molar-refractivity contribution in [2.45, 2.75) is 19.5 Å². The molecule has 1 heterocycles. The summed E-state index contributed by atoms with van der Waals surface area (Å²) in [6.07, 6.45) is 4.48. The average molecular weight is 335 g/mol. The highest BCUT2D eigenvalue weighted by Gasteiger charge is 2.24. The lowest BCUT2D eigenvalue weighted by Crippen LogP contribution is -2.33. The second-order valence-corrected chi connectivity index (χ2v) is 5.74. The molecule has 0 spiro atoms. The third-order valence-corrected chi connectivity index (χ3v) is 4.06. The SMILES string of the molecule is C[C@H](c1ccccc1)N(Cc1ccc(F)cc1)C(=O)c1cnccn1. The molecular weight excluding hydrogens is 317 g/mol. The molecule has 0 unspecified atom stereocenters. The van der Waals surface area contributed by atoms with Crippen molar-refractivity contribution in [3.8, 4) is 0 Å². The third kappa shape index (κ3) is 4.07. The van der Waals surface area contributed by atoms with Gasteiger partial charge in [-0.1, -0.05) is 42.5 Å². The molecule has 0 aliphatic rings.